The fourth-order valence-corrected chi connectivity index (χ4v) is 1.35. The lowest BCUT2D eigenvalue weighted by Crippen LogP contribution is -2.29. The van der Waals surface area contributed by atoms with Crippen LogP contribution in [0.2, 0.25) is 0 Å². The van der Waals surface area contributed by atoms with Crippen LogP contribution in [0.5, 0.6) is 0 Å². The molecule has 0 unspecified atom stereocenters. The lowest BCUT2D eigenvalue weighted by Gasteiger charge is -2.20. The third-order valence-electron chi connectivity index (χ3n) is 2.67. The molecule has 0 spiro atoms. The maximum Gasteiger partial charge on any atom is 0.0724 e. The summed E-state index contributed by atoms with van der Waals surface area (Å²) >= 11 is 0. The van der Waals surface area contributed by atoms with Crippen molar-refractivity contribution in [2.75, 3.05) is 20.1 Å². The zero-order valence-corrected chi connectivity index (χ0v) is 10.5. The first-order chi connectivity index (χ1) is 7.70. The minimum Gasteiger partial charge on any atom is -0.311 e. The lowest BCUT2D eigenvalue weighted by atomic mass is 10.3. The number of hydrogen-bond donors (Lipinski definition) is 1. The van der Waals surface area contributed by atoms with Crippen LogP contribution in [0.25, 0.3) is 0 Å². The summed E-state index contributed by atoms with van der Waals surface area (Å²) in [6.07, 6.45) is 6.38. The fourth-order valence-electron chi connectivity index (χ4n) is 1.35. The first kappa shape index (κ1) is 13.1. The van der Waals surface area contributed by atoms with E-state index in [2.05, 4.69) is 41.1 Å². The number of nitrogens with one attached hydrogen (secondary N) is 1. The van der Waals surface area contributed by atoms with E-state index in [1.54, 1.807) is 18.6 Å². The van der Waals surface area contributed by atoms with Gasteiger partial charge in [0.1, 0.15) is 0 Å². The Hall–Kier alpha value is -1.00. The molecule has 0 aliphatic carbocycles. The van der Waals surface area contributed by atoms with Gasteiger partial charge in [0.15, 0.2) is 0 Å². The first-order valence-electron chi connectivity index (χ1n) is 5.86. The summed E-state index contributed by atoms with van der Waals surface area (Å²) in [5, 5.41) is 3.37. The molecule has 1 rings (SSSR count). The highest BCUT2D eigenvalue weighted by Gasteiger charge is 2.01. The molecule has 0 bridgehead atoms. The lowest BCUT2D eigenvalue weighted by molar-refractivity contribution is 0.269. The number of hydrogen-bond acceptors (Lipinski definition) is 4. The van der Waals surface area contributed by atoms with Crippen LogP contribution >= 0.6 is 0 Å². The summed E-state index contributed by atoms with van der Waals surface area (Å²) in [6, 6.07) is 0.625. The molecule has 0 aliphatic rings. The van der Waals surface area contributed by atoms with Crippen molar-refractivity contribution in [2.45, 2.75) is 32.9 Å². The van der Waals surface area contributed by atoms with Crippen LogP contribution in [0.15, 0.2) is 18.6 Å². The Morgan fingerprint density at radius 3 is 2.81 bits per heavy atom. The summed E-state index contributed by atoms with van der Waals surface area (Å²) in [7, 11) is 2.16. The number of rotatable bonds is 7. The smallest absolute Gasteiger partial charge is 0.0724 e. The van der Waals surface area contributed by atoms with Crippen molar-refractivity contribution < 1.29 is 0 Å². The van der Waals surface area contributed by atoms with E-state index in [0.717, 1.165) is 31.7 Å². The van der Waals surface area contributed by atoms with Gasteiger partial charge in [-0.2, -0.15) is 0 Å². The molecule has 0 radical (unpaired) electrons. The molecule has 1 aromatic rings. The maximum atomic E-state index is 4.20. The minimum atomic E-state index is 0.625. The molecule has 1 heterocycles. The van der Waals surface area contributed by atoms with Crippen LogP contribution in [0.4, 0.5) is 0 Å². The topological polar surface area (TPSA) is 41.0 Å². The Bertz CT molecular complexity index is 274. The van der Waals surface area contributed by atoms with E-state index in [-0.39, 0.29) is 0 Å². The highest BCUT2D eigenvalue weighted by molar-refractivity contribution is 4.93. The molecular weight excluding hydrogens is 200 g/mol. The molecule has 0 amide bonds. The Kier molecular flexibility index (Phi) is 5.96. The SMILES string of the molecule is CC(C)N(C)CCCNCc1cnccn1. The van der Waals surface area contributed by atoms with Crippen molar-refractivity contribution in [1.82, 2.24) is 20.2 Å². The van der Waals surface area contributed by atoms with E-state index in [0.29, 0.717) is 6.04 Å². The van der Waals surface area contributed by atoms with Gasteiger partial charge in [0, 0.05) is 31.2 Å². The molecule has 0 aliphatic heterocycles. The molecule has 1 N–H and O–H groups in total. The second-order valence-corrected chi connectivity index (χ2v) is 4.30. The van der Waals surface area contributed by atoms with Crippen LogP contribution < -0.4 is 5.32 Å². The predicted octanol–water partition coefficient (Wildman–Crippen LogP) is 1.30. The first-order valence-corrected chi connectivity index (χ1v) is 5.86. The third kappa shape index (κ3) is 5.19. The summed E-state index contributed by atoms with van der Waals surface area (Å²) in [4.78, 5) is 10.6. The highest BCUT2D eigenvalue weighted by Crippen LogP contribution is 1.94. The quantitative estimate of drug-likeness (QED) is 0.706. The molecule has 0 fully saturated rings. The number of nitrogens with zero attached hydrogens (tertiary/aromatic N) is 3. The molecule has 0 atom stereocenters. The molecule has 0 aromatic carbocycles. The van der Waals surface area contributed by atoms with Crippen molar-refractivity contribution in [3.8, 4) is 0 Å². The maximum absolute atomic E-state index is 4.20. The zero-order chi connectivity index (χ0) is 11.8. The van der Waals surface area contributed by atoms with E-state index in [1.165, 1.54) is 0 Å². The second kappa shape index (κ2) is 7.30. The van der Waals surface area contributed by atoms with Gasteiger partial charge in [-0.05, 0) is 40.4 Å². The van der Waals surface area contributed by atoms with Crippen molar-refractivity contribution in [2.24, 2.45) is 0 Å². The predicted molar refractivity (Wildman–Crippen MR) is 66.1 cm³/mol. The van der Waals surface area contributed by atoms with Gasteiger partial charge in [0.05, 0.1) is 5.69 Å². The van der Waals surface area contributed by atoms with Crippen molar-refractivity contribution in [3.63, 3.8) is 0 Å². The van der Waals surface area contributed by atoms with Crippen LogP contribution in [0.3, 0.4) is 0 Å². The molecule has 0 saturated heterocycles. The fraction of sp³-hybridized carbons (Fsp3) is 0.667. The molecule has 4 nitrogen and oxygen atoms in total. The molecule has 4 heteroatoms. The van der Waals surface area contributed by atoms with Gasteiger partial charge in [0.25, 0.3) is 0 Å². The summed E-state index contributed by atoms with van der Waals surface area (Å²) < 4.78 is 0. The summed E-state index contributed by atoms with van der Waals surface area (Å²) in [5.74, 6) is 0. The van der Waals surface area contributed by atoms with Crippen molar-refractivity contribution in [1.29, 1.82) is 0 Å². The third-order valence-corrected chi connectivity index (χ3v) is 2.67. The zero-order valence-electron chi connectivity index (χ0n) is 10.5. The Morgan fingerprint density at radius 2 is 2.19 bits per heavy atom. The largest absolute Gasteiger partial charge is 0.311 e. The minimum absolute atomic E-state index is 0.625. The monoisotopic (exact) mass is 222 g/mol. The van der Waals surface area contributed by atoms with Crippen molar-refractivity contribution >= 4 is 0 Å². The highest BCUT2D eigenvalue weighted by atomic mass is 15.1. The van der Waals surface area contributed by atoms with Gasteiger partial charge in [-0.3, -0.25) is 9.97 Å². The van der Waals surface area contributed by atoms with E-state index in [9.17, 15) is 0 Å². The average Bonchev–Trinajstić information content (AvgIpc) is 2.29. The summed E-state index contributed by atoms with van der Waals surface area (Å²) in [6.45, 7) is 7.39. The molecule has 90 valence electrons. The average molecular weight is 222 g/mol. The summed E-state index contributed by atoms with van der Waals surface area (Å²) in [5.41, 5.74) is 1.000. The van der Waals surface area contributed by atoms with E-state index >= 15 is 0 Å². The van der Waals surface area contributed by atoms with Gasteiger partial charge in [-0.1, -0.05) is 0 Å². The van der Waals surface area contributed by atoms with Gasteiger partial charge in [-0.25, -0.2) is 0 Å². The van der Waals surface area contributed by atoms with Gasteiger partial charge < -0.3 is 10.2 Å². The molecule has 0 saturated carbocycles. The Labute approximate surface area is 98.1 Å². The van der Waals surface area contributed by atoms with Crippen molar-refractivity contribution in [3.05, 3.63) is 24.3 Å². The van der Waals surface area contributed by atoms with Crippen LogP contribution in [0.1, 0.15) is 26.0 Å². The van der Waals surface area contributed by atoms with Crippen LogP contribution in [-0.2, 0) is 6.54 Å². The molecular formula is C12H22N4. The molecule has 16 heavy (non-hydrogen) atoms. The van der Waals surface area contributed by atoms with E-state index in [1.807, 2.05) is 0 Å². The Balaban J connectivity index is 2.04. The normalized spacial score (nSPS) is 11.3. The second-order valence-electron chi connectivity index (χ2n) is 4.30. The van der Waals surface area contributed by atoms with Gasteiger partial charge in [-0.15, -0.1) is 0 Å². The van der Waals surface area contributed by atoms with E-state index in [4.69, 9.17) is 0 Å². The van der Waals surface area contributed by atoms with E-state index < -0.39 is 0 Å². The van der Waals surface area contributed by atoms with Crippen LogP contribution in [-0.4, -0.2) is 41.0 Å². The van der Waals surface area contributed by atoms with Gasteiger partial charge in [0.2, 0.25) is 0 Å². The standard InChI is InChI=1S/C12H22N4/c1-11(2)16(3)8-4-5-13-9-12-10-14-6-7-15-12/h6-7,10-11,13H,4-5,8-9H2,1-3H3. The van der Waals surface area contributed by atoms with Gasteiger partial charge >= 0.3 is 0 Å². The van der Waals surface area contributed by atoms with Crippen LogP contribution in [0, 0.1) is 0 Å². The molecule has 1 aromatic heterocycles. The number of aromatic nitrogens is 2. The Morgan fingerprint density at radius 1 is 1.38 bits per heavy atom.